The first-order chi connectivity index (χ1) is 24.8. The van der Waals surface area contributed by atoms with Crippen LogP contribution in [0.15, 0.2) is 156 Å². The molecule has 0 bridgehead atoms. The molecular weight excluding hydrogens is 611 g/mol. The second kappa shape index (κ2) is 11.7. The molecule has 3 aromatic heterocycles. The lowest BCUT2D eigenvalue weighted by atomic mass is 9.94. The molecule has 0 saturated carbocycles. The topological polar surface area (TPSA) is 43.9 Å². The Labute approximate surface area is 290 Å². The highest BCUT2D eigenvalue weighted by Crippen LogP contribution is 2.42. The summed E-state index contributed by atoms with van der Waals surface area (Å²) in [6, 6.07) is 53.2. The highest BCUT2D eigenvalue weighted by molar-refractivity contribution is 6.13. The van der Waals surface area contributed by atoms with Crippen molar-refractivity contribution in [2.75, 3.05) is 0 Å². The summed E-state index contributed by atoms with van der Waals surface area (Å²) in [5.41, 5.74) is 14.1. The molecule has 50 heavy (non-hydrogen) atoms. The number of benzene rings is 6. The maximum absolute atomic E-state index is 6.96. The first kappa shape index (κ1) is 28.7. The second-order valence-corrected chi connectivity index (χ2v) is 13.2. The number of furan rings is 1. The molecule has 0 radical (unpaired) electrons. The molecule has 238 valence electrons. The second-order valence-electron chi connectivity index (χ2n) is 13.2. The Kier molecular flexibility index (Phi) is 6.73. The van der Waals surface area contributed by atoms with E-state index in [1.165, 1.54) is 40.7 Å². The zero-order chi connectivity index (χ0) is 33.0. The normalized spacial score (nSPS) is 12.9. The van der Waals surface area contributed by atoms with Gasteiger partial charge in [-0.2, -0.15) is 0 Å². The van der Waals surface area contributed by atoms with E-state index >= 15 is 0 Å². The summed E-state index contributed by atoms with van der Waals surface area (Å²) < 4.78 is 9.45. The van der Waals surface area contributed by atoms with Gasteiger partial charge in [0.2, 0.25) is 0 Å². The van der Waals surface area contributed by atoms with Crippen molar-refractivity contribution >= 4 is 32.8 Å². The van der Waals surface area contributed by atoms with Gasteiger partial charge in [0.15, 0.2) is 5.82 Å². The first-order valence-electron chi connectivity index (χ1n) is 17.5. The highest BCUT2D eigenvalue weighted by Gasteiger charge is 2.23. The van der Waals surface area contributed by atoms with Crippen molar-refractivity contribution < 1.29 is 4.42 Å². The molecule has 0 atom stereocenters. The number of para-hydroxylation sites is 3. The fraction of sp³-hybridized carbons (Fsp3) is 0.0870. The predicted molar refractivity (Wildman–Crippen MR) is 205 cm³/mol. The van der Waals surface area contributed by atoms with Crippen molar-refractivity contribution in [2.24, 2.45) is 0 Å². The van der Waals surface area contributed by atoms with Crippen molar-refractivity contribution in [2.45, 2.75) is 25.7 Å². The van der Waals surface area contributed by atoms with Gasteiger partial charge in [0, 0.05) is 49.8 Å². The Balaban J connectivity index is 1.17. The van der Waals surface area contributed by atoms with Crippen LogP contribution in [0.1, 0.15) is 24.1 Å². The Hall–Kier alpha value is -6.26. The molecule has 1 aliphatic rings. The molecule has 0 unspecified atom stereocenters. The Morgan fingerprint density at radius 2 is 1.12 bits per heavy atom. The standard InChI is InChI=1S/C46H33N3O/c1-4-14-30(15-5-1)40-29-41(48-46(47-40)31-16-6-2-7-17-31)39-24-13-23-38-37-22-12-21-34(44(37)50-45(38)39)32-26-27-36-35-20-10-11-25-42(35)49(43(36)28-32)33-18-8-3-9-19-33/h1-9,12-19,21-24,26-29H,10-11,20,25H2. The maximum Gasteiger partial charge on any atom is 0.160 e. The number of nitrogens with zero attached hydrogens (tertiary/aromatic N) is 3. The van der Waals surface area contributed by atoms with Crippen molar-refractivity contribution in [1.82, 2.24) is 14.5 Å². The average Bonchev–Trinajstić information content (AvgIpc) is 3.74. The summed E-state index contributed by atoms with van der Waals surface area (Å²) in [7, 11) is 0. The molecular formula is C46H33N3O. The molecule has 0 amide bonds. The van der Waals surface area contributed by atoms with Crippen LogP contribution in [-0.4, -0.2) is 14.5 Å². The highest BCUT2D eigenvalue weighted by atomic mass is 16.3. The third-order valence-electron chi connectivity index (χ3n) is 10.2. The van der Waals surface area contributed by atoms with E-state index in [0.717, 1.165) is 74.0 Å². The Bertz CT molecular complexity index is 2630. The Morgan fingerprint density at radius 1 is 0.480 bits per heavy atom. The maximum atomic E-state index is 6.96. The van der Waals surface area contributed by atoms with Gasteiger partial charge in [-0.3, -0.25) is 0 Å². The smallest absolute Gasteiger partial charge is 0.160 e. The average molecular weight is 644 g/mol. The van der Waals surface area contributed by atoms with Crippen molar-refractivity contribution in [3.8, 4) is 50.7 Å². The number of hydrogen-bond acceptors (Lipinski definition) is 3. The minimum Gasteiger partial charge on any atom is -0.455 e. The van der Waals surface area contributed by atoms with Gasteiger partial charge in [0.1, 0.15) is 11.2 Å². The molecule has 4 nitrogen and oxygen atoms in total. The lowest BCUT2D eigenvalue weighted by Gasteiger charge is -2.16. The molecule has 3 heterocycles. The minimum atomic E-state index is 0.688. The molecule has 4 heteroatoms. The summed E-state index contributed by atoms with van der Waals surface area (Å²) in [5.74, 6) is 0.688. The molecule has 10 rings (SSSR count). The van der Waals surface area contributed by atoms with E-state index in [1.54, 1.807) is 0 Å². The van der Waals surface area contributed by atoms with Crippen LogP contribution >= 0.6 is 0 Å². The van der Waals surface area contributed by atoms with Gasteiger partial charge in [-0.1, -0.05) is 121 Å². The predicted octanol–water partition coefficient (Wildman–Crippen LogP) is 11.9. The summed E-state index contributed by atoms with van der Waals surface area (Å²) in [6.07, 6.45) is 4.72. The molecule has 0 N–H and O–H groups in total. The van der Waals surface area contributed by atoms with Gasteiger partial charge in [0.25, 0.3) is 0 Å². The number of fused-ring (bicyclic) bond motifs is 6. The zero-order valence-corrected chi connectivity index (χ0v) is 27.5. The zero-order valence-electron chi connectivity index (χ0n) is 27.5. The minimum absolute atomic E-state index is 0.688. The summed E-state index contributed by atoms with van der Waals surface area (Å²) >= 11 is 0. The molecule has 0 aliphatic heterocycles. The summed E-state index contributed by atoms with van der Waals surface area (Å²) in [5, 5.41) is 3.53. The third-order valence-corrected chi connectivity index (χ3v) is 10.2. The largest absolute Gasteiger partial charge is 0.455 e. The van der Waals surface area contributed by atoms with Crippen LogP contribution in [0, 0.1) is 0 Å². The number of aryl methyl sites for hydroxylation is 1. The van der Waals surface area contributed by atoms with Crippen LogP contribution in [-0.2, 0) is 12.8 Å². The van der Waals surface area contributed by atoms with E-state index in [2.05, 4.69) is 120 Å². The quantitative estimate of drug-likeness (QED) is 0.187. The summed E-state index contributed by atoms with van der Waals surface area (Å²) in [6.45, 7) is 0. The molecule has 1 aliphatic carbocycles. The monoisotopic (exact) mass is 643 g/mol. The van der Waals surface area contributed by atoms with E-state index in [9.17, 15) is 0 Å². The van der Waals surface area contributed by atoms with Crippen molar-refractivity contribution in [3.63, 3.8) is 0 Å². The van der Waals surface area contributed by atoms with Gasteiger partial charge in [-0.05, 0) is 67.1 Å². The fourth-order valence-corrected chi connectivity index (χ4v) is 7.89. The SMILES string of the molecule is c1ccc(-c2cc(-c3cccc4c3oc3c(-c5ccc6c7c(n(-c8ccccc8)c6c5)CCCC7)cccc34)nc(-c3ccccc3)n2)cc1. The number of hydrogen-bond donors (Lipinski definition) is 0. The molecule has 0 spiro atoms. The van der Waals surface area contributed by atoms with Crippen molar-refractivity contribution in [1.29, 1.82) is 0 Å². The van der Waals surface area contributed by atoms with Crippen LogP contribution in [0.4, 0.5) is 0 Å². The third kappa shape index (κ3) is 4.67. The van der Waals surface area contributed by atoms with E-state index in [-0.39, 0.29) is 0 Å². The Morgan fingerprint density at radius 3 is 1.88 bits per heavy atom. The fourth-order valence-electron chi connectivity index (χ4n) is 7.89. The number of aromatic nitrogens is 3. The van der Waals surface area contributed by atoms with E-state index in [1.807, 2.05) is 36.4 Å². The van der Waals surface area contributed by atoms with Crippen LogP contribution in [0.3, 0.4) is 0 Å². The van der Waals surface area contributed by atoms with E-state index in [4.69, 9.17) is 14.4 Å². The van der Waals surface area contributed by atoms with Gasteiger partial charge in [0.05, 0.1) is 16.9 Å². The molecule has 0 saturated heterocycles. The van der Waals surface area contributed by atoms with Crippen LogP contribution in [0.25, 0.3) is 83.6 Å². The number of rotatable bonds is 5. The van der Waals surface area contributed by atoms with Gasteiger partial charge >= 0.3 is 0 Å². The lowest BCUT2D eigenvalue weighted by Crippen LogP contribution is -2.06. The van der Waals surface area contributed by atoms with Gasteiger partial charge in [-0.15, -0.1) is 0 Å². The molecule has 0 fully saturated rings. The van der Waals surface area contributed by atoms with Crippen LogP contribution in [0.5, 0.6) is 0 Å². The van der Waals surface area contributed by atoms with Crippen LogP contribution < -0.4 is 0 Å². The molecule has 6 aromatic carbocycles. The van der Waals surface area contributed by atoms with Crippen molar-refractivity contribution in [3.05, 3.63) is 163 Å². The molecule has 9 aromatic rings. The van der Waals surface area contributed by atoms with Crippen LogP contribution in [0.2, 0.25) is 0 Å². The lowest BCUT2D eigenvalue weighted by molar-refractivity contribution is 0.667. The summed E-state index contributed by atoms with van der Waals surface area (Å²) in [4.78, 5) is 10.1. The first-order valence-corrected chi connectivity index (χ1v) is 17.5. The van der Waals surface area contributed by atoms with Gasteiger partial charge in [-0.25, -0.2) is 9.97 Å². The van der Waals surface area contributed by atoms with E-state index in [0.29, 0.717) is 5.82 Å². The van der Waals surface area contributed by atoms with E-state index < -0.39 is 0 Å². The van der Waals surface area contributed by atoms with Gasteiger partial charge < -0.3 is 8.98 Å².